The lowest BCUT2D eigenvalue weighted by molar-refractivity contribution is -0.384. The SMILES string of the molecule is CCOc1ccccc1OC1CCN(c2ccc(S(=O)(=O)N(CC)CC)cc2[N+](=O)[O-])CC1. The maximum Gasteiger partial charge on any atom is 0.293 e. The topological polar surface area (TPSA) is 102 Å². The smallest absolute Gasteiger partial charge is 0.293 e. The number of benzene rings is 2. The van der Waals surface area contributed by atoms with Gasteiger partial charge >= 0.3 is 0 Å². The average Bonchev–Trinajstić information content (AvgIpc) is 2.81. The number of nitro benzene ring substituents is 1. The Labute approximate surface area is 195 Å². The lowest BCUT2D eigenvalue weighted by atomic mass is 10.1. The molecule has 1 fully saturated rings. The molecule has 2 aromatic rings. The molecule has 0 unspecified atom stereocenters. The number of nitrogens with zero attached hydrogens (tertiary/aromatic N) is 3. The first-order valence-electron chi connectivity index (χ1n) is 11.2. The van der Waals surface area contributed by atoms with E-state index in [9.17, 15) is 18.5 Å². The Morgan fingerprint density at radius 3 is 2.27 bits per heavy atom. The molecule has 0 amide bonds. The zero-order valence-electron chi connectivity index (χ0n) is 19.3. The lowest BCUT2D eigenvalue weighted by Crippen LogP contribution is -2.38. The third kappa shape index (κ3) is 5.56. The van der Waals surface area contributed by atoms with Crippen LogP contribution in [-0.2, 0) is 10.0 Å². The van der Waals surface area contributed by atoms with E-state index in [1.165, 1.54) is 16.4 Å². The van der Waals surface area contributed by atoms with Crippen molar-refractivity contribution < 1.29 is 22.8 Å². The van der Waals surface area contributed by atoms with Crippen molar-refractivity contribution in [2.24, 2.45) is 0 Å². The Kier molecular flexibility index (Phi) is 8.15. The summed E-state index contributed by atoms with van der Waals surface area (Å²) >= 11 is 0. The summed E-state index contributed by atoms with van der Waals surface area (Å²) in [4.78, 5) is 13.1. The molecule has 3 rings (SSSR count). The summed E-state index contributed by atoms with van der Waals surface area (Å²) in [6, 6.07) is 11.7. The number of hydrogen-bond acceptors (Lipinski definition) is 7. The van der Waals surface area contributed by atoms with Crippen molar-refractivity contribution >= 4 is 21.4 Å². The molecule has 0 spiro atoms. The van der Waals surface area contributed by atoms with Crippen molar-refractivity contribution in [2.45, 2.75) is 44.6 Å². The highest BCUT2D eigenvalue weighted by molar-refractivity contribution is 7.89. The number of anilines is 1. The van der Waals surface area contributed by atoms with Gasteiger partial charge in [-0.05, 0) is 31.2 Å². The van der Waals surface area contributed by atoms with Crippen LogP contribution in [0.15, 0.2) is 47.4 Å². The van der Waals surface area contributed by atoms with Crippen LogP contribution in [0.5, 0.6) is 11.5 Å². The molecule has 0 atom stereocenters. The number of ether oxygens (including phenoxy) is 2. The standard InChI is InChI=1S/C23H31N3O6S/c1-4-25(5-2)33(29,30)19-11-12-20(21(17-19)26(27)28)24-15-13-18(14-16-24)32-23-10-8-7-9-22(23)31-6-3/h7-12,17-18H,4-6,13-16H2,1-3H3. The molecule has 1 heterocycles. The van der Waals surface area contributed by atoms with E-state index < -0.39 is 14.9 Å². The van der Waals surface area contributed by atoms with Gasteiger partial charge in [0.2, 0.25) is 10.0 Å². The Morgan fingerprint density at radius 2 is 1.70 bits per heavy atom. The molecule has 1 aliphatic heterocycles. The van der Waals surface area contributed by atoms with Crippen LogP contribution in [0.1, 0.15) is 33.6 Å². The molecule has 0 N–H and O–H groups in total. The van der Waals surface area contributed by atoms with E-state index in [0.717, 1.165) is 0 Å². The van der Waals surface area contributed by atoms with Crippen molar-refractivity contribution in [3.05, 3.63) is 52.6 Å². The summed E-state index contributed by atoms with van der Waals surface area (Å²) in [5.74, 6) is 1.39. The molecule has 0 saturated carbocycles. The maximum atomic E-state index is 12.8. The molecule has 33 heavy (non-hydrogen) atoms. The van der Waals surface area contributed by atoms with Crippen LogP contribution in [0.2, 0.25) is 0 Å². The number of piperidine rings is 1. The minimum atomic E-state index is -3.78. The van der Waals surface area contributed by atoms with Gasteiger partial charge in [0.1, 0.15) is 11.8 Å². The summed E-state index contributed by atoms with van der Waals surface area (Å²) in [7, 11) is -3.78. The number of rotatable bonds is 10. The zero-order chi connectivity index (χ0) is 24.0. The van der Waals surface area contributed by atoms with E-state index in [0.29, 0.717) is 62.8 Å². The fraction of sp³-hybridized carbons (Fsp3) is 0.478. The molecule has 2 aromatic carbocycles. The van der Waals surface area contributed by atoms with Crippen LogP contribution in [-0.4, -0.2) is 56.5 Å². The number of para-hydroxylation sites is 2. The van der Waals surface area contributed by atoms with Gasteiger partial charge in [0, 0.05) is 45.1 Å². The van der Waals surface area contributed by atoms with Gasteiger partial charge in [0.15, 0.2) is 11.5 Å². The predicted molar refractivity (Wildman–Crippen MR) is 127 cm³/mol. The largest absolute Gasteiger partial charge is 0.490 e. The highest BCUT2D eigenvalue weighted by Gasteiger charge is 2.29. The minimum Gasteiger partial charge on any atom is -0.490 e. The monoisotopic (exact) mass is 477 g/mol. The first-order chi connectivity index (χ1) is 15.8. The molecule has 10 heteroatoms. The first-order valence-corrected chi connectivity index (χ1v) is 12.7. The minimum absolute atomic E-state index is 0.0378. The molecule has 1 aliphatic rings. The van der Waals surface area contributed by atoms with Crippen LogP contribution in [0.4, 0.5) is 11.4 Å². The fourth-order valence-corrected chi connectivity index (χ4v) is 5.48. The first kappa shape index (κ1) is 24.8. The second-order valence-electron chi connectivity index (χ2n) is 7.68. The maximum absolute atomic E-state index is 12.8. The predicted octanol–water partition coefficient (Wildman–Crippen LogP) is 4.07. The highest BCUT2D eigenvalue weighted by Crippen LogP contribution is 2.35. The van der Waals surface area contributed by atoms with Gasteiger partial charge in [-0.25, -0.2) is 8.42 Å². The third-order valence-electron chi connectivity index (χ3n) is 5.71. The van der Waals surface area contributed by atoms with Gasteiger partial charge in [0.05, 0.1) is 16.4 Å². The second-order valence-corrected chi connectivity index (χ2v) is 9.62. The summed E-state index contributed by atoms with van der Waals surface area (Å²) in [5, 5.41) is 11.8. The van der Waals surface area contributed by atoms with Gasteiger partial charge in [-0.3, -0.25) is 10.1 Å². The van der Waals surface area contributed by atoms with Gasteiger partial charge in [-0.2, -0.15) is 4.31 Å². The van der Waals surface area contributed by atoms with Crippen LogP contribution in [0, 0.1) is 10.1 Å². The number of nitro groups is 1. The van der Waals surface area contributed by atoms with E-state index >= 15 is 0 Å². The summed E-state index contributed by atoms with van der Waals surface area (Å²) < 4.78 is 38.7. The van der Waals surface area contributed by atoms with E-state index in [-0.39, 0.29) is 16.7 Å². The zero-order valence-corrected chi connectivity index (χ0v) is 20.1. The molecule has 1 saturated heterocycles. The van der Waals surface area contributed by atoms with Crippen molar-refractivity contribution in [1.29, 1.82) is 0 Å². The van der Waals surface area contributed by atoms with Crippen LogP contribution in [0.3, 0.4) is 0 Å². The van der Waals surface area contributed by atoms with Crippen molar-refractivity contribution in [1.82, 2.24) is 4.31 Å². The normalized spacial score (nSPS) is 15.0. The molecule has 0 aromatic heterocycles. The van der Waals surface area contributed by atoms with E-state index in [1.54, 1.807) is 19.9 Å². The average molecular weight is 478 g/mol. The summed E-state index contributed by atoms with van der Waals surface area (Å²) in [6.07, 6.45) is 1.32. The van der Waals surface area contributed by atoms with Crippen LogP contribution >= 0.6 is 0 Å². The Bertz CT molecular complexity index is 1060. The molecule has 9 nitrogen and oxygen atoms in total. The van der Waals surface area contributed by atoms with Crippen molar-refractivity contribution in [3.63, 3.8) is 0 Å². The van der Waals surface area contributed by atoms with Crippen molar-refractivity contribution in [2.75, 3.05) is 37.7 Å². The van der Waals surface area contributed by atoms with Gasteiger partial charge in [-0.1, -0.05) is 26.0 Å². The molecule has 0 radical (unpaired) electrons. The molecule has 0 bridgehead atoms. The van der Waals surface area contributed by atoms with E-state index in [1.807, 2.05) is 36.1 Å². The quantitative estimate of drug-likeness (QED) is 0.375. The van der Waals surface area contributed by atoms with Crippen LogP contribution in [0.25, 0.3) is 0 Å². The Balaban J connectivity index is 1.75. The number of hydrogen-bond donors (Lipinski definition) is 0. The lowest BCUT2D eigenvalue weighted by Gasteiger charge is -2.33. The summed E-state index contributed by atoms with van der Waals surface area (Å²) in [6.45, 7) is 7.66. The molecule has 180 valence electrons. The Hall–Kier alpha value is -2.85. The molecule has 0 aliphatic carbocycles. The number of sulfonamides is 1. The van der Waals surface area contributed by atoms with E-state index in [2.05, 4.69) is 0 Å². The summed E-state index contributed by atoms with van der Waals surface area (Å²) in [5.41, 5.74) is 0.218. The van der Waals surface area contributed by atoms with Gasteiger partial charge < -0.3 is 14.4 Å². The fourth-order valence-electron chi connectivity index (χ4n) is 4.01. The third-order valence-corrected chi connectivity index (χ3v) is 7.76. The van der Waals surface area contributed by atoms with Gasteiger partial charge in [-0.15, -0.1) is 0 Å². The van der Waals surface area contributed by atoms with Crippen molar-refractivity contribution in [3.8, 4) is 11.5 Å². The second kappa shape index (κ2) is 10.8. The van der Waals surface area contributed by atoms with Gasteiger partial charge in [0.25, 0.3) is 5.69 Å². The Morgan fingerprint density at radius 1 is 1.06 bits per heavy atom. The highest BCUT2D eigenvalue weighted by atomic mass is 32.2. The molecular formula is C23H31N3O6S. The van der Waals surface area contributed by atoms with Crippen LogP contribution < -0.4 is 14.4 Å². The van der Waals surface area contributed by atoms with E-state index in [4.69, 9.17) is 9.47 Å². The molecular weight excluding hydrogens is 446 g/mol.